The number of rotatable bonds is 2. The Morgan fingerprint density at radius 1 is 1.44 bits per heavy atom. The fourth-order valence-electron chi connectivity index (χ4n) is 2.46. The van der Waals surface area contributed by atoms with Crippen LogP contribution in [-0.4, -0.2) is 47.8 Å². The van der Waals surface area contributed by atoms with Gasteiger partial charge in [-0.1, -0.05) is 0 Å². The van der Waals surface area contributed by atoms with E-state index in [2.05, 4.69) is 10.3 Å². The Bertz CT molecular complexity index is 801. The molecule has 0 fully saturated rings. The molecule has 25 heavy (non-hydrogen) atoms. The van der Waals surface area contributed by atoms with Crippen molar-refractivity contribution in [3.05, 3.63) is 29.5 Å². The van der Waals surface area contributed by atoms with Crippen LogP contribution >= 0.6 is 0 Å². The molecule has 1 aromatic heterocycles. The summed E-state index contributed by atoms with van der Waals surface area (Å²) in [5.74, 6) is -2.05. The molecule has 1 aromatic carbocycles. The van der Waals surface area contributed by atoms with Crippen molar-refractivity contribution in [1.29, 1.82) is 0 Å². The molecule has 136 valence electrons. The van der Waals surface area contributed by atoms with Gasteiger partial charge in [0, 0.05) is 23.5 Å². The van der Waals surface area contributed by atoms with Crippen LogP contribution in [0.4, 0.5) is 13.2 Å². The fourth-order valence-corrected chi connectivity index (χ4v) is 2.46. The van der Waals surface area contributed by atoms with E-state index in [1.807, 2.05) is 18.2 Å². The molecule has 1 atom stereocenters. The van der Waals surface area contributed by atoms with Gasteiger partial charge in [0.15, 0.2) is 0 Å². The van der Waals surface area contributed by atoms with Crippen molar-refractivity contribution in [3.63, 3.8) is 0 Å². The van der Waals surface area contributed by atoms with E-state index < -0.39 is 12.1 Å². The minimum Gasteiger partial charge on any atom is -0.497 e. The number of aromatic nitrogens is 1. The number of hydrogen-bond donors (Lipinski definition) is 4. The number of carbonyl (C=O) groups excluding carboxylic acids is 1. The number of nitrogens with one attached hydrogen (secondary N) is 2. The number of halogens is 3. The van der Waals surface area contributed by atoms with Gasteiger partial charge in [0.2, 0.25) is 0 Å². The molecule has 1 unspecified atom stereocenters. The Kier molecular flexibility index (Phi) is 5.21. The number of fused-ring (bicyclic) bond motifs is 3. The topological polar surface area (TPSA) is 117 Å². The normalized spacial score (nSPS) is 16.5. The van der Waals surface area contributed by atoms with Gasteiger partial charge in [0.05, 0.1) is 7.11 Å². The van der Waals surface area contributed by atoms with Gasteiger partial charge in [-0.3, -0.25) is 4.79 Å². The molecule has 0 bridgehead atoms. The van der Waals surface area contributed by atoms with Gasteiger partial charge < -0.3 is 25.9 Å². The molecule has 2 heterocycles. The molecule has 5 N–H and O–H groups in total. The van der Waals surface area contributed by atoms with Gasteiger partial charge in [0.1, 0.15) is 11.4 Å². The molecule has 2 aromatic rings. The van der Waals surface area contributed by atoms with Crippen LogP contribution in [-0.2, 0) is 11.2 Å². The van der Waals surface area contributed by atoms with E-state index in [1.165, 1.54) is 0 Å². The van der Waals surface area contributed by atoms with Crippen molar-refractivity contribution < 1.29 is 32.6 Å². The Labute approximate surface area is 139 Å². The van der Waals surface area contributed by atoms with Gasteiger partial charge in [-0.15, -0.1) is 0 Å². The zero-order valence-electron chi connectivity index (χ0n) is 13.1. The van der Waals surface area contributed by atoms with Gasteiger partial charge in [-0.05, 0) is 30.2 Å². The van der Waals surface area contributed by atoms with E-state index in [1.54, 1.807) is 7.11 Å². The first kappa shape index (κ1) is 18.6. The van der Waals surface area contributed by atoms with E-state index in [4.69, 9.17) is 20.4 Å². The van der Waals surface area contributed by atoms with E-state index in [0.717, 1.165) is 28.6 Å². The van der Waals surface area contributed by atoms with Crippen LogP contribution in [0, 0.1) is 0 Å². The molecule has 0 aliphatic carbocycles. The quantitative estimate of drug-likeness (QED) is 0.647. The van der Waals surface area contributed by atoms with Crippen molar-refractivity contribution in [1.82, 2.24) is 10.3 Å². The Hall–Kier alpha value is -2.75. The molecule has 0 spiro atoms. The van der Waals surface area contributed by atoms with Crippen molar-refractivity contribution in [3.8, 4) is 5.75 Å². The molecule has 0 radical (unpaired) electrons. The summed E-state index contributed by atoms with van der Waals surface area (Å²) in [5.41, 5.74) is 8.27. The van der Waals surface area contributed by atoms with Crippen molar-refractivity contribution in [2.75, 3.05) is 13.7 Å². The van der Waals surface area contributed by atoms with Gasteiger partial charge in [0.25, 0.3) is 5.91 Å². The van der Waals surface area contributed by atoms with Crippen LogP contribution in [0.3, 0.4) is 0 Å². The number of aliphatic carboxylic acids is 1. The van der Waals surface area contributed by atoms with Crippen molar-refractivity contribution >= 4 is 22.8 Å². The SMILES string of the molecule is COc1ccc2[nH]c3c(c2c1)CC(CN)NC3=O.O=C(O)C(F)(F)F. The van der Waals surface area contributed by atoms with Crippen LogP contribution in [0.15, 0.2) is 18.2 Å². The summed E-state index contributed by atoms with van der Waals surface area (Å²) >= 11 is 0. The summed E-state index contributed by atoms with van der Waals surface area (Å²) in [6.45, 7) is 0.446. The third-order valence-electron chi connectivity index (χ3n) is 3.65. The summed E-state index contributed by atoms with van der Waals surface area (Å²) in [5, 5.41) is 11.0. The first-order valence-corrected chi connectivity index (χ1v) is 7.17. The molecule has 1 aliphatic rings. The maximum Gasteiger partial charge on any atom is 0.490 e. The number of alkyl halides is 3. The number of amides is 1. The standard InChI is InChI=1S/C13H15N3O2.C2HF3O2/c1-18-8-2-3-11-9(5-8)10-4-7(6-14)15-13(17)12(10)16-11;3-2(4,5)1(6)7/h2-3,5,7,16H,4,6,14H2,1H3,(H,15,17);(H,6,7). The molecule has 0 saturated heterocycles. The number of hydrogen-bond acceptors (Lipinski definition) is 4. The zero-order valence-corrected chi connectivity index (χ0v) is 13.1. The number of ether oxygens (including phenoxy) is 1. The molecule has 1 amide bonds. The predicted octanol–water partition coefficient (Wildman–Crippen LogP) is 1.42. The third-order valence-corrected chi connectivity index (χ3v) is 3.65. The zero-order chi connectivity index (χ0) is 18.8. The lowest BCUT2D eigenvalue weighted by molar-refractivity contribution is -0.192. The summed E-state index contributed by atoms with van der Waals surface area (Å²) in [7, 11) is 1.63. The number of H-pyrrole nitrogens is 1. The Morgan fingerprint density at radius 2 is 2.08 bits per heavy atom. The number of benzene rings is 1. The van der Waals surface area contributed by atoms with Gasteiger partial charge in [-0.25, -0.2) is 4.79 Å². The summed E-state index contributed by atoms with van der Waals surface area (Å²) in [6.07, 6.45) is -4.33. The molecule has 1 aliphatic heterocycles. The highest BCUT2D eigenvalue weighted by Crippen LogP contribution is 2.29. The largest absolute Gasteiger partial charge is 0.497 e. The highest BCUT2D eigenvalue weighted by Gasteiger charge is 2.38. The van der Waals surface area contributed by atoms with Crippen LogP contribution in [0.2, 0.25) is 0 Å². The monoisotopic (exact) mass is 359 g/mol. The van der Waals surface area contributed by atoms with Gasteiger partial charge >= 0.3 is 12.1 Å². The molecule has 7 nitrogen and oxygen atoms in total. The minimum atomic E-state index is -5.08. The average molecular weight is 359 g/mol. The first-order chi connectivity index (χ1) is 11.7. The smallest absolute Gasteiger partial charge is 0.490 e. The van der Waals surface area contributed by atoms with Crippen LogP contribution in [0.25, 0.3) is 10.9 Å². The number of carbonyl (C=O) groups is 2. The Balaban J connectivity index is 0.000000277. The molecular weight excluding hydrogens is 343 g/mol. The summed E-state index contributed by atoms with van der Waals surface area (Å²) < 4.78 is 37.0. The minimum absolute atomic E-state index is 0.00945. The maximum atomic E-state index is 11.9. The van der Waals surface area contributed by atoms with E-state index in [-0.39, 0.29) is 11.9 Å². The number of carboxylic acids is 1. The summed E-state index contributed by atoms with van der Waals surface area (Å²) in [6, 6.07) is 5.77. The number of carboxylic acid groups (broad SMARTS) is 1. The van der Waals surface area contributed by atoms with Crippen LogP contribution in [0.5, 0.6) is 5.75 Å². The predicted molar refractivity (Wildman–Crippen MR) is 82.6 cm³/mol. The second kappa shape index (κ2) is 7.01. The van der Waals surface area contributed by atoms with Crippen molar-refractivity contribution in [2.45, 2.75) is 18.6 Å². The lowest BCUT2D eigenvalue weighted by atomic mass is 9.98. The van der Waals surface area contributed by atoms with E-state index in [0.29, 0.717) is 12.2 Å². The Morgan fingerprint density at radius 3 is 2.60 bits per heavy atom. The number of aromatic amines is 1. The average Bonchev–Trinajstić information content (AvgIpc) is 2.92. The molecular formula is C15H16F3N3O4. The first-order valence-electron chi connectivity index (χ1n) is 7.17. The second-order valence-corrected chi connectivity index (χ2v) is 5.30. The molecule has 0 saturated carbocycles. The van der Waals surface area contributed by atoms with E-state index in [9.17, 15) is 18.0 Å². The van der Waals surface area contributed by atoms with E-state index >= 15 is 0 Å². The second-order valence-electron chi connectivity index (χ2n) is 5.30. The maximum absolute atomic E-state index is 11.9. The third kappa shape index (κ3) is 4.02. The number of methoxy groups -OCH3 is 1. The summed E-state index contributed by atoms with van der Waals surface area (Å²) in [4.78, 5) is 24.0. The fraction of sp³-hybridized carbons (Fsp3) is 0.333. The van der Waals surface area contributed by atoms with Crippen LogP contribution < -0.4 is 15.8 Å². The lowest BCUT2D eigenvalue weighted by Crippen LogP contribution is -2.45. The van der Waals surface area contributed by atoms with Crippen molar-refractivity contribution in [2.24, 2.45) is 5.73 Å². The molecule has 10 heteroatoms. The highest BCUT2D eigenvalue weighted by molar-refractivity contribution is 6.02. The van der Waals surface area contributed by atoms with Crippen LogP contribution in [0.1, 0.15) is 16.1 Å². The van der Waals surface area contributed by atoms with Gasteiger partial charge in [-0.2, -0.15) is 13.2 Å². The number of nitrogens with two attached hydrogens (primary N) is 1. The highest BCUT2D eigenvalue weighted by atomic mass is 19.4. The molecule has 3 rings (SSSR count). The lowest BCUT2D eigenvalue weighted by Gasteiger charge is -2.22.